The summed E-state index contributed by atoms with van der Waals surface area (Å²) in [5.74, 6) is -0.371. The molecule has 3 aromatic rings. The van der Waals surface area contributed by atoms with Crippen LogP contribution in [-0.4, -0.2) is 45.5 Å². The van der Waals surface area contributed by atoms with E-state index >= 15 is 0 Å². The van der Waals surface area contributed by atoms with E-state index in [2.05, 4.69) is 10.1 Å². The summed E-state index contributed by atoms with van der Waals surface area (Å²) in [7, 11) is 0. The van der Waals surface area contributed by atoms with Crippen LogP contribution in [0.2, 0.25) is 10.0 Å². The van der Waals surface area contributed by atoms with Gasteiger partial charge < -0.3 is 9.88 Å². The van der Waals surface area contributed by atoms with E-state index in [9.17, 15) is 9.59 Å². The number of hydrogen-bond acceptors (Lipinski definition) is 3. The molecule has 0 radical (unpaired) electrons. The Hall–Kier alpha value is -2.83. The highest BCUT2D eigenvalue weighted by Crippen LogP contribution is 2.42. The summed E-state index contributed by atoms with van der Waals surface area (Å²) >= 11 is 12.4. The average molecular weight is 455 g/mol. The molecule has 1 saturated heterocycles. The molecule has 8 heteroatoms. The van der Waals surface area contributed by atoms with Crippen molar-refractivity contribution in [1.82, 2.24) is 14.9 Å². The Kier molecular flexibility index (Phi) is 4.61. The summed E-state index contributed by atoms with van der Waals surface area (Å²) in [5, 5.41) is 7.44. The fourth-order valence-corrected chi connectivity index (χ4v) is 5.22. The minimum atomic E-state index is -0.647. The van der Waals surface area contributed by atoms with Crippen LogP contribution < -0.4 is 0 Å². The molecule has 1 N–H and O–H groups in total. The highest BCUT2D eigenvalue weighted by molar-refractivity contribution is 6.38. The van der Waals surface area contributed by atoms with Gasteiger partial charge in [0.05, 0.1) is 21.8 Å². The van der Waals surface area contributed by atoms with E-state index in [1.807, 2.05) is 38.1 Å². The van der Waals surface area contributed by atoms with E-state index < -0.39 is 11.6 Å². The fourth-order valence-electron chi connectivity index (χ4n) is 4.73. The number of hydrazone groups is 1. The van der Waals surface area contributed by atoms with Gasteiger partial charge in [0.1, 0.15) is 12.6 Å². The molecule has 2 aliphatic rings. The second-order valence-corrected chi connectivity index (χ2v) is 9.16. The number of hydrogen-bond donors (Lipinski definition) is 1. The number of para-hydroxylation sites is 1. The lowest BCUT2D eigenvalue weighted by molar-refractivity contribution is -0.163. The minimum Gasteiger partial charge on any atom is -0.356 e. The van der Waals surface area contributed by atoms with E-state index in [0.717, 1.165) is 22.2 Å². The van der Waals surface area contributed by atoms with Crippen LogP contribution in [0.4, 0.5) is 0 Å². The van der Waals surface area contributed by atoms with Gasteiger partial charge in [0.2, 0.25) is 5.91 Å². The van der Waals surface area contributed by atoms with Crippen LogP contribution in [0.15, 0.2) is 47.6 Å². The Morgan fingerprint density at radius 3 is 2.55 bits per heavy atom. The van der Waals surface area contributed by atoms with Crippen molar-refractivity contribution in [2.45, 2.75) is 31.8 Å². The number of fused-ring (bicyclic) bond motifs is 4. The SMILES string of the molecule is CC1(C)c2[nH]c3ccccc3c2CC2C(=O)N(/N=C/c3c(Cl)cccc3Cl)CC(=O)N21. The van der Waals surface area contributed by atoms with E-state index in [1.165, 1.54) is 11.2 Å². The number of carbonyl (C=O) groups is 2. The highest BCUT2D eigenvalue weighted by atomic mass is 35.5. The normalized spacial score (nSPS) is 20.5. The van der Waals surface area contributed by atoms with Crippen molar-refractivity contribution in [2.24, 2.45) is 5.10 Å². The zero-order valence-corrected chi connectivity index (χ0v) is 18.5. The maximum absolute atomic E-state index is 13.4. The third-order valence-electron chi connectivity index (χ3n) is 6.16. The molecule has 2 aromatic carbocycles. The quantitative estimate of drug-likeness (QED) is 0.585. The molecule has 5 rings (SSSR count). The predicted octanol–water partition coefficient (Wildman–Crippen LogP) is 4.34. The number of carbonyl (C=O) groups excluding carboxylic acids is 2. The van der Waals surface area contributed by atoms with Gasteiger partial charge in [0, 0.05) is 28.6 Å². The fraction of sp³-hybridized carbons (Fsp3) is 0.261. The Morgan fingerprint density at radius 1 is 1.10 bits per heavy atom. The number of aromatic nitrogens is 1. The van der Waals surface area contributed by atoms with Gasteiger partial charge in [-0.15, -0.1) is 0 Å². The summed E-state index contributed by atoms with van der Waals surface area (Å²) in [6.07, 6.45) is 1.88. The minimum absolute atomic E-state index is 0.132. The van der Waals surface area contributed by atoms with Crippen molar-refractivity contribution in [3.63, 3.8) is 0 Å². The van der Waals surface area contributed by atoms with Crippen LogP contribution >= 0.6 is 23.2 Å². The van der Waals surface area contributed by atoms with Crippen LogP contribution in [0.1, 0.15) is 30.7 Å². The van der Waals surface area contributed by atoms with Gasteiger partial charge in [-0.3, -0.25) is 9.59 Å². The van der Waals surface area contributed by atoms with Crippen LogP contribution in [-0.2, 0) is 21.5 Å². The molecule has 1 unspecified atom stereocenters. The Balaban J connectivity index is 1.53. The summed E-state index contributed by atoms with van der Waals surface area (Å²) in [6.45, 7) is 3.81. The van der Waals surface area contributed by atoms with E-state index in [4.69, 9.17) is 23.2 Å². The third-order valence-corrected chi connectivity index (χ3v) is 6.82. The van der Waals surface area contributed by atoms with Gasteiger partial charge in [0.25, 0.3) is 5.91 Å². The lowest BCUT2D eigenvalue weighted by Crippen LogP contribution is -2.66. The number of benzene rings is 2. The molecule has 1 aromatic heterocycles. The van der Waals surface area contributed by atoms with Crippen molar-refractivity contribution in [1.29, 1.82) is 0 Å². The van der Waals surface area contributed by atoms with Gasteiger partial charge in [-0.25, -0.2) is 5.01 Å². The summed E-state index contributed by atoms with van der Waals surface area (Å²) in [4.78, 5) is 31.7. The van der Waals surface area contributed by atoms with Gasteiger partial charge in [-0.05, 0) is 37.6 Å². The monoisotopic (exact) mass is 454 g/mol. The molecule has 158 valence electrons. The number of H-pyrrole nitrogens is 1. The van der Waals surface area contributed by atoms with Crippen LogP contribution in [0.3, 0.4) is 0 Å². The molecule has 3 heterocycles. The molecule has 31 heavy (non-hydrogen) atoms. The standard InChI is InChI=1S/C23H20Cl2N4O2/c1-23(2)21-14(13-6-3-4-9-18(13)27-21)10-19-22(31)28(12-20(30)29(19)23)26-11-15-16(24)7-5-8-17(15)25/h3-9,11,19,27H,10,12H2,1-2H3/b26-11+. The number of nitrogens with zero attached hydrogens (tertiary/aromatic N) is 3. The number of amides is 2. The van der Waals surface area contributed by atoms with E-state index in [1.54, 1.807) is 23.1 Å². The third kappa shape index (κ3) is 3.05. The first-order valence-electron chi connectivity index (χ1n) is 10.0. The first-order chi connectivity index (χ1) is 14.8. The zero-order valence-electron chi connectivity index (χ0n) is 17.0. The van der Waals surface area contributed by atoms with Gasteiger partial charge in [0.15, 0.2) is 0 Å². The topological polar surface area (TPSA) is 68.8 Å². The lowest BCUT2D eigenvalue weighted by Gasteiger charge is -2.50. The number of nitrogens with one attached hydrogen (secondary N) is 1. The van der Waals surface area contributed by atoms with Crippen molar-refractivity contribution < 1.29 is 9.59 Å². The molecule has 0 bridgehead atoms. The largest absolute Gasteiger partial charge is 0.356 e. The summed E-state index contributed by atoms with van der Waals surface area (Å²) in [6, 6.07) is 12.5. The van der Waals surface area contributed by atoms with Gasteiger partial charge >= 0.3 is 0 Å². The van der Waals surface area contributed by atoms with Crippen LogP contribution in [0.25, 0.3) is 10.9 Å². The molecule has 6 nitrogen and oxygen atoms in total. The maximum Gasteiger partial charge on any atom is 0.266 e. The first kappa shape index (κ1) is 20.1. The van der Waals surface area contributed by atoms with Gasteiger partial charge in [-0.2, -0.15) is 5.10 Å². The summed E-state index contributed by atoms with van der Waals surface area (Å²) in [5.41, 5.74) is 2.92. The number of rotatable bonds is 2. The molecule has 0 saturated carbocycles. The number of piperazine rings is 1. The molecule has 1 fully saturated rings. The second-order valence-electron chi connectivity index (χ2n) is 8.34. The van der Waals surface area contributed by atoms with Crippen LogP contribution in [0.5, 0.6) is 0 Å². The van der Waals surface area contributed by atoms with Crippen molar-refractivity contribution in [3.05, 3.63) is 69.3 Å². The summed E-state index contributed by atoms with van der Waals surface area (Å²) < 4.78 is 0. The molecule has 2 amide bonds. The number of aromatic amines is 1. The zero-order chi connectivity index (χ0) is 21.9. The van der Waals surface area contributed by atoms with E-state index in [-0.39, 0.29) is 18.4 Å². The van der Waals surface area contributed by atoms with Gasteiger partial charge in [-0.1, -0.05) is 47.5 Å². The smallest absolute Gasteiger partial charge is 0.266 e. The Bertz CT molecular complexity index is 1240. The predicted molar refractivity (Wildman–Crippen MR) is 121 cm³/mol. The molecule has 0 aliphatic carbocycles. The van der Waals surface area contributed by atoms with Crippen molar-refractivity contribution in [2.75, 3.05) is 6.54 Å². The molecule has 2 aliphatic heterocycles. The van der Waals surface area contributed by atoms with E-state index in [0.29, 0.717) is 22.0 Å². The Labute approximate surface area is 189 Å². The molecular formula is C23H20Cl2N4O2. The molecule has 0 spiro atoms. The Morgan fingerprint density at radius 2 is 1.81 bits per heavy atom. The highest BCUT2D eigenvalue weighted by Gasteiger charge is 2.51. The lowest BCUT2D eigenvalue weighted by atomic mass is 9.82. The first-order valence-corrected chi connectivity index (χ1v) is 10.8. The molecular weight excluding hydrogens is 435 g/mol. The average Bonchev–Trinajstić information content (AvgIpc) is 3.10. The van der Waals surface area contributed by atoms with Crippen LogP contribution in [0, 0.1) is 0 Å². The maximum atomic E-state index is 13.4. The second kappa shape index (κ2) is 7.11. The number of halogens is 2. The molecule has 1 atom stereocenters. The van der Waals surface area contributed by atoms with Crippen molar-refractivity contribution in [3.8, 4) is 0 Å². The van der Waals surface area contributed by atoms with Crippen molar-refractivity contribution >= 4 is 52.1 Å².